The van der Waals surface area contributed by atoms with Gasteiger partial charge in [0, 0.05) is 18.3 Å². The number of anilines is 1. The third kappa shape index (κ3) is 3.24. The molecule has 0 spiro atoms. The van der Waals surface area contributed by atoms with Gasteiger partial charge in [0.25, 0.3) is 0 Å². The first-order valence-electron chi connectivity index (χ1n) is 6.79. The predicted octanol–water partition coefficient (Wildman–Crippen LogP) is 2.14. The van der Waals surface area contributed by atoms with Crippen LogP contribution in [-0.4, -0.2) is 22.1 Å². The lowest BCUT2D eigenvalue weighted by atomic mass is 9.89. The summed E-state index contributed by atoms with van der Waals surface area (Å²) in [5.74, 6) is 0.272. The van der Waals surface area contributed by atoms with Crippen molar-refractivity contribution in [3.05, 3.63) is 18.2 Å². The molecule has 6 heteroatoms. The van der Waals surface area contributed by atoms with Crippen LogP contribution in [-0.2, 0) is 10.0 Å². The van der Waals surface area contributed by atoms with Crippen molar-refractivity contribution < 1.29 is 13.2 Å². The number of hydrogen-bond acceptors (Lipinski definition) is 4. The molecule has 1 aromatic rings. The number of nitrogens with one attached hydrogen (secondary N) is 1. The van der Waals surface area contributed by atoms with Crippen LogP contribution in [0.3, 0.4) is 0 Å². The third-order valence-electron chi connectivity index (χ3n) is 3.98. The van der Waals surface area contributed by atoms with E-state index in [1.165, 1.54) is 32.1 Å². The Bertz CT molecular complexity index is 578. The molecule has 0 heterocycles. The normalized spacial score (nSPS) is 18.1. The van der Waals surface area contributed by atoms with E-state index in [0.29, 0.717) is 12.2 Å². The zero-order valence-electron chi connectivity index (χ0n) is 12.0. The van der Waals surface area contributed by atoms with Gasteiger partial charge in [-0.1, -0.05) is 19.8 Å². The number of ether oxygens (including phenoxy) is 1. The van der Waals surface area contributed by atoms with E-state index in [1.54, 1.807) is 6.07 Å². The molecule has 0 aromatic heterocycles. The molecule has 0 bridgehead atoms. The van der Waals surface area contributed by atoms with Crippen molar-refractivity contribution in [3.63, 3.8) is 0 Å². The molecular formula is C14H22N2O3S. The first-order valence-corrected chi connectivity index (χ1v) is 8.28. The van der Waals surface area contributed by atoms with Crippen LogP contribution in [0.15, 0.2) is 23.1 Å². The van der Waals surface area contributed by atoms with Crippen molar-refractivity contribution in [2.75, 3.05) is 19.4 Å². The maximum atomic E-state index is 12.4. The van der Waals surface area contributed by atoms with Crippen molar-refractivity contribution >= 4 is 15.7 Å². The SMILES string of the molecule is COc1cc(N)ccc1S(=O)(=O)NCC1(C)CCCC1. The number of sulfonamides is 1. The highest BCUT2D eigenvalue weighted by molar-refractivity contribution is 7.89. The number of nitrogen functional groups attached to an aromatic ring is 1. The summed E-state index contributed by atoms with van der Waals surface area (Å²) >= 11 is 0. The number of rotatable bonds is 5. The Labute approximate surface area is 120 Å². The van der Waals surface area contributed by atoms with Crippen LogP contribution in [0.25, 0.3) is 0 Å². The minimum Gasteiger partial charge on any atom is -0.495 e. The summed E-state index contributed by atoms with van der Waals surface area (Å²) in [7, 11) is -2.14. The molecule has 0 unspecified atom stereocenters. The van der Waals surface area contributed by atoms with E-state index in [-0.39, 0.29) is 16.1 Å². The van der Waals surface area contributed by atoms with Gasteiger partial charge in [0.1, 0.15) is 10.6 Å². The molecule has 0 aliphatic heterocycles. The van der Waals surface area contributed by atoms with Gasteiger partial charge in [-0.3, -0.25) is 0 Å². The molecular weight excluding hydrogens is 276 g/mol. The standard InChI is InChI=1S/C14H22N2O3S/c1-14(7-3-4-8-14)10-16-20(17,18)13-6-5-11(15)9-12(13)19-2/h5-6,9,16H,3-4,7-8,10,15H2,1-2H3. The average molecular weight is 298 g/mol. The summed E-state index contributed by atoms with van der Waals surface area (Å²) in [6, 6.07) is 4.56. The van der Waals surface area contributed by atoms with Gasteiger partial charge < -0.3 is 10.5 Å². The molecule has 1 aromatic carbocycles. The minimum absolute atomic E-state index is 0.0636. The molecule has 1 aliphatic rings. The Kier molecular flexibility index (Phi) is 4.25. The molecule has 112 valence electrons. The first-order chi connectivity index (χ1) is 9.36. The topological polar surface area (TPSA) is 81.4 Å². The van der Waals surface area contributed by atoms with E-state index in [0.717, 1.165) is 12.8 Å². The quantitative estimate of drug-likeness (QED) is 0.816. The van der Waals surface area contributed by atoms with Crippen LogP contribution in [0.2, 0.25) is 0 Å². The van der Waals surface area contributed by atoms with Gasteiger partial charge in [-0.05, 0) is 30.4 Å². The van der Waals surface area contributed by atoms with Crippen LogP contribution in [0, 0.1) is 5.41 Å². The summed E-state index contributed by atoms with van der Waals surface area (Å²) in [6.45, 7) is 2.59. The van der Waals surface area contributed by atoms with E-state index in [9.17, 15) is 8.42 Å². The molecule has 0 amide bonds. The third-order valence-corrected chi connectivity index (χ3v) is 5.42. The fourth-order valence-corrected chi connectivity index (χ4v) is 4.01. The van der Waals surface area contributed by atoms with Gasteiger partial charge in [-0.2, -0.15) is 0 Å². The van der Waals surface area contributed by atoms with Crippen LogP contribution >= 0.6 is 0 Å². The summed E-state index contributed by atoms with van der Waals surface area (Å²) < 4.78 is 32.6. The smallest absolute Gasteiger partial charge is 0.244 e. The summed E-state index contributed by atoms with van der Waals surface area (Å²) in [5.41, 5.74) is 6.18. The van der Waals surface area contributed by atoms with E-state index in [4.69, 9.17) is 10.5 Å². The van der Waals surface area contributed by atoms with E-state index < -0.39 is 10.0 Å². The Morgan fingerprint density at radius 3 is 2.60 bits per heavy atom. The molecule has 0 radical (unpaired) electrons. The number of hydrogen-bond donors (Lipinski definition) is 2. The average Bonchev–Trinajstić information content (AvgIpc) is 2.84. The van der Waals surface area contributed by atoms with Crippen molar-refractivity contribution in [1.82, 2.24) is 4.72 Å². The molecule has 2 rings (SSSR count). The van der Waals surface area contributed by atoms with Gasteiger partial charge >= 0.3 is 0 Å². The van der Waals surface area contributed by atoms with Gasteiger partial charge in [-0.25, -0.2) is 13.1 Å². The second-order valence-electron chi connectivity index (χ2n) is 5.75. The van der Waals surface area contributed by atoms with Crippen molar-refractivity contribution in [2.24, 2.45) is 5.41 Å². The molecule has 20 heavy (non-hydrogen) atoms. The lowest BCUT2D eigenvalue weighted by Crippen LogP contribution is -2.34. The highest BCUT2D eigenvalue weighted by Gasteiger charge is 2.31. The van der Waals surface area contributed by atoms with Gasteiger partial charge in [-0.15, -0.1) is 0 Å². The summed E-state index contributed by atoms with van der Waals surface area (Å²) in [4.78, 5) is 0.135. The van der Waals surface area contributed by atoms with Crippen molar-refractivity contribution in [3.8, 4) is 5.75 Å². The van der Waals surface area contributed by atoms with E-state index in [1.807, 2.05) is 0 Å². The highest BCUT2D eigenvalue weighted by Crippen LogP contribution is 2.37. The summed E-state index contributed by atoms with van der Waals surface area (Å²) in [5, 5.41) is 0. The van der Waals surface area contributed by atoms with Gasteiger partial charge in [0.05, 0.1) is 7.11 Å². The minimum atomic E-state index is -3.58. The second kappa shape index (κ2) is 5.61. The van der Waals surface area contributed by atoms with Crippen LogP contribution in [0.5, 0.6) is 5.75 Å². The number of methoxy groups -OCH3 is 1. The fraction of sp³-hybridized carbons (Fsp3) is 0.571. The Hall–Kier alpha value is -1.27. The largest absolute Gasteiger partial charge is 0.495 e. The predicted molar refractivity (Wildman–Crippen MR) is 79.2 cm³/mol. The lowest BCUT2D eigenvalue weighted by molar-refractivity contribution is 0.335. The second-order valence-corrected chi connectivity index (χ2v) is 7.49. The first kappa shape index (κ1) is 15.1. The summed E-state index contributed by atoms with van der Waals surface area (Å²) in [6.07, 6.45) is 4.47. The van der Waals surface area contributed by atoms with Crippen LogP contribution in [0.1, 0.15) is 32.6 Å². The van der Waals surface area contributed by atoms with Crippen LogP contribution in [0.4, 0.5) is 5.69 Å². The monoisotopic (exact) mass is 298 g/mol. The van der Waals surface area contributed by atoms with Gasteiger partial charge in [0.2, 0.25) is 10.0 Å². The number of nitrogens with two attached hydrogens (primary N) is 1. The van der Waals surface area contributed by atoms with Crippen molar-refractivity contribution in [1.29, 1.82) is 0 Å². The van der Waals surface area contributed by atoms with Gasteiger partial charge in [0.15, 0.2) is 0 Å². The molecule has 3 N–H and O–H groups in total. The molecule has 5 nitrogen and oxygen atoms in total. The molecule has 0 atom stereocenters. The van der Waals surface area contributed by atoms with Crippen molar-refractivity contribution in [2.45, 2.75) is 37.5 Å². The maximum absolute atomic E-state index is 12.4. The molecule has 1 saturated carbocycles. The van der Waals surface area contributed by atoms with E-state index in [2.05, 4.69) is 11.6 Å². The molecule has 0 saturated heterocycles. The molecule has 1 aliphatic carbocycles. The van der Waals surface area contributed by atoms with E-state index >= 15 is 0 Å². The zero-order valence-corrected chi connectivity index (χ0v) is 12.8. The zero-order chi connectivity index (χ0) is 14.8. The maximum Gasteiger partial charge on any atom is 0.244 e. The Morgan fingerprint density at radius 1 is 1.35 bits per heavy atom. The fourth-order valence-electron chi connectivity index (χ4n) is 2.66. The lowest BCUT2D eigenvalue weighted by Gasteiger charge is -2.23. The number of benzene rings is 1. The molecule has 1 fully saturated rings. The van der Waals surface area contributed by atoms with Crippen LogP contribution < -0.4 is 15.2 Å². The Balaban J connectivity index is 2.18. The highest BCUT2D eigenvalue weighted by atomic mass is 32.2. The Morgan fingerprint density at radius 2 is 2.00 bits per heavy atom.